The second kappa shape index (κ2) is 7.44. The fourth-order valence-electron chi connectivity index (χ4n) is 0.988. The molecule has 0 saturated carbocycles. The zero-order valence-corrected chi connectivity index (χ0v) is 13.0. The summed E-state index contributed by atoms with van der Waals surface area (Å²) in [5, 5.41) is 9.48. The molecule has 0 unspecified atom stereocenters. The van der Waals surface area contributed by atoms with E-state index in [0.717, 1.165) is 6.08 Å². The van der Waals surface area contributed by atoms with Crippen LogP contribution >= 0.6 is 0 Å². The van der Waals surface area contributed by atoms with Crippen LogP contribution in [0.4, 0.5) is 0 Å². The van der Waals surface area contributed by atoms with Crippen LogP contribution in [0.25, 0.3) is 5.76 Å². The van der Waals surface area contributed by atoms with E-state index >= 15 is 0 Å². The maximum absolute atomic E-state index is 11.0. The van der Waals surface area contributed by atoms with E-state index in [-0.39, 0.29) is 33.1 Å². The summed E-state index contributed by atoms with van der Waals surface area (Å²) in [5.41, 5.74) is 0.598. The van der Waals surface area contributed by atoms with Crippen LogP contribution in [0.5, 0.6) is 0 Å². The Morgan fingerprint density at radius 3 is 2.53 bits per heavy atom. The number of ether oxygens (including phenoxy) is 1. The van der Waals surface area contributed by atoms with Gasteiger partial charge in [0.1, 0.15) is 5.76 Å². The molecule has 0 heterocycles. The van der Waals surface area contributed by atoms with Gasteiger partial charge in [-0.2, -0.15) is 0 Å². The third-order valence-electron chi connectivity index (χ3n) is 1.61. The van der Waals surface area contributed by atoms with Crippen molar-refractivity contribution in [3.63, 3.8) is 0 Å². The van der Waals surface area contributed by atoms with Crippen molar-refractivity contribution in [2.24, 2.45) is 0 Å². The Morgan fingerprint density at radius 1 is 1.40 bits per heavy atom. The summed E-state index contributed by atoms with van der Waals surface area (Å²) >= 11 is 0. The van der Waals surface area contributed by atoms with Gasteiger partial charge in [-0.1, -0.05) is 30.3 Å². The van der Waals surface area contributed by atoms with Crippen LogP contribution in [-0.2, 0) is 9.53 Å². The Morgan fingerprint density at radius 2 is 2.00 bits per heavy atom. The number of hydrogen-bond acceptors (Lipinski definition) is 3. The van der Waals surface area contributed by atoms with Gasteiger partial charge < -0.3 is 9.84 Å². The zero-order chi connectivity index (χ0) is 10.4. The Hall–Kier alpha value is -0.848. The van der Waals surface area contributed by atoms with E-state index in [4.69, 9.17) is 0 Å². The molecule has 4 heteroatoms. The molecule has 1 rings (SSSR count). The Kier molecular flexibility index (Phi) is 7.02. The monoisotopic (exact) mass is 397 g/mol. The molecule has 1 N–H and O–H groups in total. The van der Waals surface area contributed by atoms with E-state index in [1.807, 2.05) is 6.07 Å². The smallest absolute Gasteiger partial charge is 0.334 e. The van der Waals surface area contributed by atoms with Crippen molar-refractivity contribution < 1.29 is 14.6 Å². The molecule has 1 aromatic rings. The minimum Gasteiger partial charge on any atom is -0.507 e. The molecule has 0 aromatic heterocycles. The molecule has 0 amide bonds. The van der Waals surface area contributed by atoms with Gasteiger partial charge in [-0.15, -0.1) is 0 Å². The van der Waals surface area contributed by atoms with Crippen LogP contribution < -0.4 is 0 Å². The molecule has 0 bridgehead atoms. The van der Waals surface area contributed by atoms with Crippen molar-refractivity contribution in [1.82, 2.24) is 0 Å². The molecule has 0 spiro atoms. The molecule has 15 heavy (non-hydrogen) atoms. The van der Waals surface area contributed by atoms with Crippen molar-refractivity contribution in [3.05, 3.63) is 42.0 Å². The van der Waals surface area contributed by atoms with Crippen LogP contribution in [0.3, 0.4) is 0 Å². The second-order valence-corrected chi connectivity index (χ2v) is 2.65. The standard InChI is InChI=1S/C11H12O3.Tl/c1-2-14-11(13)8-10(12)9-6-4-3-5-7-9;/h3-8,12H,2H2,1H3;/b10-8-;. The van der Waals surface area contributed by atoms with Crippen molar-refractivity contribution >= 4 is 39.0 Å². The van der Waals surface area contributed by atoms with Gasteiger partial charge in [-0.25, -0.2) is 4.79 Å². The third kappa shape index (κ3) is 4.96. The molecule has 1 aromatic carbocycles. The van der Waals surface area contributed by atoms with Crippen molar-refractivity contribution in [2.45, 2.75) is 6.92 Å². The minimum atomic E-state index is -0.533. The molecule has 0 atom stereocenters. The molecule has 0 fully saturated rings. The summed E-state index contributed by atoms with van der Waals surface area (Å²) in [6.45, 7) is 2.02. The quantitative estimate of drug-likeness (QED) is 0.367. The maximum atomic E-state index is 11.0. The van der Waals surface area contributed by atoms with E-state index < -0.39 is 5.97 Å². The largest absolute Gasteiger partial charge is 0.507 e. The number of rotatable bonds is 3. The SMILES string of the molecule is CCOC(=O)/C=C(\O)c1ccccc1.[Tl]. The van der Waals surface area contributed by atoms with Gasteiger partial charge in [0.25, 0.3) is 0 Å². The number of aliphatic hydroxyl groups is 1. The minimum absolute atomic E-state index is 0. The van der Waals surface area contributed by atoms with E-state index in [0.29, 0.717) is 12.2 Å². The first-order valence-electron chi connectivity index (χ1n) is 4.37. The predicted octanol–water partition coefficient (Wildman–Crippen LogP) is 1.77. The first-order valence-corrected chi connectivity index (χ1v) is 4.37. The van der Waals surface area contributed by atoms with Crippen molar-refractivity contribution in [3.8, 4) is 0 Å². The van der Waals surface area contributed by atoms with Crippen LogP contribution in [0, 0.1) is 0 Å². The molecule has 1 radical (unpaired) electrons. The molecular weight excluding hydrogens is 385 g/mol. The Bertz CT molecular complexity index is 333. The number of benzene rings is 1. The number of aliphatic hydroxyl groups excluding tert-OH is 1. The molecule has 77 valence electrons. The van der Waals surface area contributed by atoms with Gasteiger partial charge >= 0.3 is 5.97 Å². The summed E-state index contributed by atoms with van der Waals surface area (Å²) in [4.78, 5) is 11.0. The van der Waals surface area contributed by atoms with Gasteiger partial charge in [-0.3, -0.25) is 0 Å². The molecular formula is C11H12O3Tl. The van der Waals surface area contributed by atoms with E-state index in [2.05, 4.69) is 4.74 Å². The van der Waals surface area contributed by atoms with Gasteiger partial charge in [0.05, 0.1) is 12.7 Å². The summed E-state index contributed by atoms with van der Waals surface area (Å²) in [5.74, 6) is -0.613. The number of carbonyl (C=O) groups excluding carboxylic acids is 1. The van der Waals surface area contributed by atoms with Gasteiger partial charge in [0, 0.05) is 32.9 Å². The van der Waals surface area contributed by atoms with E-state index in [1.165, 1.54) is 0 Å². The van der Waals surface area contributed by atoms with Crippen molar-refractivity contribution in [1.29, 1.82) is 0 Å². The van der Waals surface area contributed by atoms with Gasteiger partial charge in [-0.05, 0) is 6.92 Å². The predicted molar refractivity (Wildman–Crippen MR) is 59.4 cm³/mol. The van der Waals surface area contributed by atoms with Gasteiger partial charge in [0.15, 0.2) is 0 Å². The van der Waals surface area contributed by atoms with Gasteiger partial charge in [0.2, 0.25) is 0 Å². The van der Waals surface area contributed by atoms with Crippen molar-refractivity contribution in [2.75, 3.05) is 6.61 Å². The Labute approximate surface area is 109 Å². The summed E-state index contributed by atoms with van der Waals surface area (Å²) < 4.78 is 4.66. The summed E-state index contributed by atoms with van der Waals surface area (Å²) in [7, 11) is 0. The Balaban J connectivity index is 0.00000196. The number of hydrogen-bond donors (Lipinski definition) is 1. The average Bonchev–Trinajstić information content (AvgIpc) is 2.19. The van der Waals surface area contributed by atoms with Crippen LogP contribution in [0.15, 0.2) is 36.4 Å². The van der Waals surface area contributed by atoms with Crippen LogP contribution in [-0.4, -0.2) is 45.0 Å². The topological polar surface area (TPSA) is 46.5 Å². The maximum Gasteiger partial charge on any atom is 0.334 e. The first-order chi connectivity index (χ1) is 6.74. The molecule has 0 aliphatic heterocycles. The summed E-state index contributed by atoms with van der Waals surface area (Å²) in [6, 6.07) is 8.83. The first kappa shape index (κ1) is 14.2. The molecule has 3 nitrogen and oxygen atoms in total. The molecule has 0 aliphatic carbocycles. The fourth-order valence-corrected chi connectivity index (χ4v) is 0.988. The van der Waals surface area contributed by atoms with E-state index in [9.17, 15) is 9.90 Å². The fraction of sp³-hybridized carbons (Fsp3) is 0.182. The van der Waals surface area contributed by atoms with Crippen LogP contribution in [0.1, 0.15) is 12.5 Å². The normalized spacial score (nSPS) is 10.3. The van der Waals surface area contributed by atoms with Crippen LogP contribution in [0.2, 0.25) is 0 Å². The average molecular weight is 397 g/mol. The third-order valence-corrected chi connectivity index (χ3v) is 1.61. The molecule has 0 aliphatic rings. The zero-order valence-electron chi connectivity index (χ0n) is 8.51. The number of carbonyl (C=O) groups is 1. The van der Waals surface area contributed by atoms with E-state index in [1.54, 1.807) is 31.2 Å². The second-order valence-electron chi connectivity index (χ2n) is 2.65. The summed E-state index contributed by atoms with van der Waals surface area (Å²) in [6.07, 6.45) is 1.07. The number of esters is 1. The molecule has 0 saturated heterocycles.